The number of nitrogens with zero attached hydrogens (tertiary/aromatic N) is 1. The smallest absolute Gasteiger partial charge is 0.242 e. The van der Waals surface area contributed by atoms with Gasteiger partial charge in [0.2, 0.25) is 11.8 Å². The van der Waals surface area contributed by atoms with Gasteiger partial charge in [-0.3, -0.25) is 9.59 Å². The van der Waals surface area contributed by atoms with Gasteiger partial charge in [0.25, 0.3) is 0 Å². The van der Waals surface area contributed by atoms with Gasteiger partial charge in [0.05, 0.1) is 11.5 Å². The number of hydrogen-bond acceptors (Lipinski definition) is 3. The van der Waals surface area contributed by atoms with Gasteiger partial charge >= 0.3 is 0 Å². The van der Waals surface area contributed by atoms with Crippen molar-refractivity contribution in [1.29, 1.82) is 0 Å². The summed E-state index contributed by atoms with van der Waals surface area (Å²) in [6.07, 6.45) is 3.32. The van der Waals surface area contributed by atoms with E-state index in [9.17, 15) is 9.59 Å². The normalized spacial score (nSPS) is 25.8. The average Bonchev–Trinajstić information content (AvgIpc) is 3.07. The summed E-state index contributed by atoms with van der Waals surface area (Å²) in [5.41, 5.74) is 5.28. The quantitative estimate of drug-likeness (QED) is 0.728. The third-order valence-corrected chi connectivity index (χ3v) is 3.54. The number of rotatable bonds is 2. The van der Waals surface area contributed by atoms with Gasteiger partial charge in [-0.15, -0.1) is 12.4 Å². The highest BCUT2D eigenvalue weighted by Crippen LogP contribution is 2.35. The van der Waals surface area contributed by atoms with Crippen LogP contribution >= 0.6 is 12.4 Å². The minimum absolute atomic E-state index is 0. The molecular formula is C11H20ClN3O2. The van der Waals surface area contributed by atoms with E-state index in [1.807, 2.05) is 0 Å². The van der Waals surface area contributed by atoms with Crippen LogP contribution in [0.3, 0.4) is 0 Å². The van der Waals surface area contributed by atoms with Gasteiger partial charge in [0, 0.05) is 20.1 Å². The molecule has 0 bridgehead atoms. The van der Waals surface area contributed by atoms with Gasteiger partial charge in [0.15, 0.2) is 0 Å². The fourth-order valence-electron chi connectivity index (χ4n) is 2.24. The summed E-state index contributed by atoms with van der Waals surface area (Å²) in [7, 11) is 1.63. The molecule has 3 N–H and O–H groups in total. The molecule has 1 atom stereocenters. The van der Waals surface area contributed by atoms with Crippen molar-refractivity contribution < 1.29 is 9.59 Å². The number of amides is 2. The number of hydrogen-bond donors (Lipinski definition) is 2. The predicted octanol–water partition coefficient (Wildman–Crippen LogP) is -0.116. The topological polar surface area (TPSA) is 75.4 Å². The van der Waals surface area contributed by atoms with E-state index in [0.717, 1.165) is 32.2 Å². The standard InChI is InChI=1S/C11H19N3O2.ClH/c1-13-9(15)8-3-2-6-14(7-8)10(16)11(12)4-5-11;/h8H,2-7,12H2,1H3,(H,13,15);1H. The minimum Gasteiger partial charge on any atom is -0.359 e. The zero-order valence-electron chi connectivity index (χ0n) is 10.1. The molecule has 1 saturated heterocycles. The largest absolute Gasteiger partial charge is 0.359 e. The van der Waals surface area contributed by atoms with Crippen LogP contribution < -0.4 is 11.1 Å². The van der Waals surface area contributed by atoms with Crippen LogP contribution in [0.2, 0.25) is 0 Å². The number of nitrogens with two attached hydrogens (primary N) is 1. The number of halogens is 1. The van der Waals surface area contributed by atoms with Gasteiger partial charge in [-0.2, -0.15) is 0 Å². The Bertz CT molecular complexity index is 318. The van der Waals surface area contributed by atoms with Gasteiger partial charge in [0.1, 0.15) is 0 Å². The van der Waals surface area contributed by atoms with Crippen molar-refractivity contribution in [2.24, 2.45) is 11.7 Å². The predicted molar refractivity (Wildman–Crippen MR) is 66.8 cm³/mol. The van der Waals surface area contributed by atoms with Crippen molar-refractivity contribution in [2.75, 3.05) is 20.1 Å². The second kappa shape index (κ2) is 5.23. The highest BCUT2D eigenvalue weighted by atomic mass is 35.5. The molecule has 6 heteroatoms. The Morgan fingerprint density at radius 2 is 2.06 bits per heavy atom. The third kappa shape index (κ3) is 2.90. The van der Waals surface area contributed by atoms with E-state index in [0.29, 0.717) is 6.54 Å². The molecule has 2 fully saturated rings. The lowest BCUT2D eigenvalue weighted by Gasteiger charge is -2.33. The number of likely N-dealkylation sites (tertiary alicyclic amines) is 1. The van der Waals surface area contributed by atoms with E-state index in [1.165, 1.54) is 0 Å². The van der Waals surface area contributed by atoms with Gasteiger partial charge in [-0.25, -0.2) is 0 Å². The van der Waals surface area contributed by atoms with E-state index in [2.05, 4.69) is 5.32 Å². The molecule has 0 aromatic rings. The van der Waals surface area contributed by atoms with Crippen LogP contribution in [0.15, 0.2) is 0 Å². The first kappa shape index (κ1) is 14.3. The van der Waals surface area contributed by atoms with Crippen LogP contribution in [0, 0.1) is 5.92 Å². The van der Waals surface area contributed by atoms with Crippen molar-refractivity contribution in [3.63, 3.8) is 0 Å². The number of carbonyl (C=O) groups excluding carboxylic acids is 2. The van der Waals surface area contributed by atoms with Crippen molar-refractivity contribution >= 4 is 24.2 Å². The van der Waals surface area contributed by atoms with Crippen molar-refractivity contribution in [3.8, 4) is 0 Å². The molecule has 2 rings (SSSR count). The maximum atomic E-state index is 12.0. The molecule has 17 heavy (non-hydrogen) atoms. The summed E-state index contributed by atoms with van der Waals surface area (Å²) in [4.78, 5) is 25.3. The number of carbonyl (C=O) groups is 2. The Labute approximate surface area is 108 Å². The summed E-state index contributed by atoms with van der Waals surface area (Å²) in [5, 5.41) is 2.64. The molecule has 2 aliphatic rings. The second-order valence-corrected chi connectivity index (χ2v) is 4.86. The van der Waals surface area contributed by atoms with Crippen LogP contribution in [0.4, 0.5) is 0 Å². The molecule has 0 aromatic carbocycles. The van der Waals surface area contributed by atoms with Gasteiger partial charge in [-0.05, 0) is 25.7 Å². The zero-order valence-corrected chi connectivity index (χ0v) is 10.9. The van der Waals surface area contributed by atoms with Crippen LogP contribution in [-0.2, 0) is 9.59 Å². The van der Waals surface area contributed by atoms with Crippen LogP contribution in [0.1, 0.15) is 25.7 Å². The van der Waals surface area contributed by atoms with Crippen molar-refractivity contribution in [3.05, 3.63) is 0 Å². The molecular weight excluding hydrogens is 242 g/mol. The fourth-order valence-corrected chi connectivity index (χ4v) is 2.24. The summed E-state index contributed by atoms with van der Waals surface area (Å²) in [6.45, 7) is 1.27. The summed E-state index contributed by atoms with van der Waals surface area (Å²) in [6, 6.07) is 0. The Kier molecular flexibility index (Phi) is 4.38. The molecule has 2 amide bonds. The Balaban J connectivity index is 0.00000144. The van der Waals surface area contributed by atoms with Crippen LogP contribution in [-0.4, -0.2) is 42.4 Å². The number of nitrogens with one attached hydrogen (secondary N) is 1. The molecule has 1 unspecified atom stereocenters. The summed E-state index contributed by atoms with van der Waals surface area (Å²) < 4.78 is 0. The van der Waals surface area contributed by atoms with Gasteiger partial charge < -0.3 is 16.0 Å². The Hall–Kier alpha value is -0.810. The van der Waals surface area contributed by atoms with E-state index in [1.54, 1.807) is 11.9 Å². The molecule has 1 aliphatic carbocycles. The first-order chi connectivity index (χ1) is 7.57. The maximum absolute atomic E-state index is 12.0. The lowest BCUT2D eigenvalue weighted by molar-refractivity contribution is -0.137. The lowest BCUT2D eigenvalue weighted by atomic mass is 9.96. The second-order valence-electron chi connectivity index (χ2n) is 4.86. The molecule has 5 nitrogen and oxygen atoms in total. The van der Waals surface area contributed by atoms with Crippen LogP contribution in [0.5, 0.6) is 0 Å². The Morgan fingerprint density at radius 3 is 2.59 bits per heavy atom. The average molecular weight is 262 g/mol. The van der Waals surface area contributed by atoms with E-state index < -0.39 is 5.54 Å². The highest BCUT2D eigenvalue weighted by molar-refractivity contribution is 5.90. The summed E-state index contributed by atoms with van der Waals surface area (Å²) in [5.74, 6) is -0.00878. The highest BCUT2D eigenvalue weighted by Gasteiger charge is 2.48. The SMILES string of the molecule is CNC(=O)C1CCCN(C(=O)C2(N)CC2)C1.Cl. The zero-order chi connectivity index (χ0) is 11.8. The summed E-state index contributed by atoms with van der Waals surface area (Å²) >= 11 is 0. The fraction of sp³-hybridized carbons (Fsp3) is 0.818. The lowest BCUT2D eigenvalue weighted by Crippen LogP contribution is -2.51. The van der Waals surface area contributed by atoms with Gasteiger partial charge in [-0.1, -0.05) is 0 Å². The van der Waals surface area contributed by atoms with Crippen molar-refractivity contribution in [2.45, 2.75) is 31.2 Å². The molecule has 1 heterocycles. The minimum atomic E-state index is -0.607. The molecule has 0 radical (unpaired) electrons. The van der Waals surface area contributed by atoms with Crippen LogP contribution in [0.25, 0.3) is 0 Å². The molecule has 98 valence electrons. The first-order valence-corrected chi connectivity index (χ1v) is 5.87. The van der Waals surface area contributed by atoms with Crippen molar-refractivity contribution in [1.82, 2.24) is 10.2 Å². The molecule has 1 aliphatic heterocycles. The van der Waals surface area contributed by atoms with E-state index in [4.69, 9.17) is 5.73 Å². The van der Waals surface area contributed by atoms with E-state index >= 15 is 0 Å². The first-order valence-electron chi connectivity index (χ1n) is 5.87. The number of piperidine rings is 1. The monoisotopic (exact) mass is 261 g/mol. The molecule has 0 aromatic heterocycles. The third-order valence-electron chi connectivity index (χ3n) is 3.54. The molecule has 1 saturated carbocycles. The maximum Gasteiger partial charge on any atom is 0.242 e. The Morgan fingerprint density at radius 1 is 1.41 bits per heavy atom. The molecule has 0 spiro atoms. The van der Waals surface area contributed by atoms with E-state index in [-0.39, 0.29) is 30.1 Å².